The number of hydrogen-bond acceptors (Lipinski definition) is 5. The van der Waals surface area contributed by atoms with Crippen LogP contribution in [0.3, 0.4) is 0 Å². The first-order valence-electron chi connectivity index (χ1n) is 7.92. The van der Waals surface area contributed by atoms with E-state index in [1.165, 1.54) is 18.8 Å². The van der Waals surface area contributed by atoms with Gasteiger partial charge in [0.15, 0.2) is 12.4 Å². The molecular weight excluding hydrogens is 300 g/mol. The minimum atomic E-state index is -0.525. The molecule has 1 heterocycles. The quantitative estimate of drug-likeness (QED) is 0.739. The Morgan fingerprint density at radius 2 is 2.00 bits per heavy atom. The molecule has 7 nitrogen and oxygen atoms in total. The lowest BCUT2D eigenvalue weighted by molar-refractivity contribution is -0.148. The molecule has 1 saturated carbocycles. The maximum Gasteiger partial charge on any atom is 0.308 e. The third kappa shape index (κ3) is 6.14. The largest absolute Gasteiger partial charge is 0.459 e. The molecule has 2 rings (SSSR count). The summed E-state index contributed by atoms with van der Waals surface area (Å²) in [7, 11) is 0. The highest BCUT2D eigenvalue weighted by molar-refractivity contribution is 5.91. The van der Waals surface area contributed by atoms with Crippen LogP contribution in [0.15, 0.2) is 22.8 Å². The number of carbonyl (C=O) groups excluding carboxylic acids is 3. The molecule has 1 aliphatic carbocycles. The number of nitrogens with one attached hydrogen (secondary N) is 2. The van der Waals surface area contributed by atoms with Crippen molar-refractivity contribution >= 4 is 17.8 Å². The first-order chi connectivity index (χ1) is 11.1. The van der Waals surface area contributed by atoms with E-state index in [4.69, 9.17) is 9.15 Å². The van der Waals surface area contributed by atoms with Crippen LogP contribution in [-0.2, 0) is 14.3 Å². The zero-order chi connectivity index (χ0) is 16.5. The van der Waals surface area contributed by atoms with Gasteiger partial charge in [0.1, 0.15) is 0 Å². The van der Waals surface area contributed by atoms with Crippen LogP contribution in [0.4, 0.5) is 0 Å². The van der Waals surface area contributed by atoms with Crippen LogP contribution in [-0.4, -0.2) is 37.0 Å². The van der Waals surface area contributed by atoms with Crippen molar-refractivity contribution in [3.63, 3.8) is 0 Å². The maximum absolute atomic E-state index is 11.7. The highest BCUT2D eigenvalue weighted by Gasteiger charge is 2.16. The summed E-state index contributed by atoms with van der Waals surface area (Å²) in [5.74, 6) is -1.00. The van der Waals surface area contributed by atoms with E-state index in [1.54, 1.807) is 6.07 Å². The second kappa shape index (κ2) is 8.97. The molecule has 0 unspecified atom stereocenters. The minimum absolute atomic E-state index is 0.00313. The van der Waals surface area contributed by atoms with Gasteiger partial charge in [0, 0.05) is 12.6 Å². The smallest absolute Gasteiger partial charge is 0.308 e. The fraction of sp³-hybridized carbons (Fsp3) is 0.562. The van der Waals surface area contributed by atoms with Gasteiger partial charge in [-0.2, -0.15) is 0 Å². The number of amides is 2. The summed E-state index contributed by atoms with van der Waals surface area (Å²) in [6.07, 6.45) is 6.83. The van der Waals surface area contributed by atoms with E-state index in [0.717, 1.165) is 25.7 Å². The molecule has 126 valence electrons. The Kier molecular flexibility index (Phi) is 6.65. The summed E-state index contributed by atoms with van der Waals surface area (Å²) < 4.78 is 9.81. The molecular formula is C16H22N2O5. The molecule has 0 spiro atoms. The van der Waals surface area contributed by atoms with Crippen LogP contribution in [0.25, 0.3) is 0 Å². The van der Waals surface area contributed by atoms with Gasteiger partial charge in [-0.1, -0.05) is 19.3 Å². The molecule has 0 aromatic carbocycles. The Labute approximate surface area is 134 Å². The second-order valence-electron chi connectivity index (χ2n) is 5.55. The van der Waals surface area contributed by atoms with Crippen molar-refractivity contribution in [3.8, 4) is 0 Å². The lowest BCUT2D eigenvalue weighted by Gasteiger charge is -2.22. The van der Waals surface area contributed by atoms with Crippen molar-refractivity contribution in [2.45, 2.75) is 44.6 Å². The van der Waals surface area contributed by atoms with Gasteiger partial charge in [-0.25, -0.2) is 0 Å². The summed E-state index contributed by atoms with van der Waals surface area (Å²) in [4.78, 5) is 34.8. The predicted molar refractivity (Wildman–Crippen MR) is 81.6 cm³/mol. The lowest BCUT2D eigenvalue weighted by Crippen LogP contribution is -2.38. The van der Waals surface area contributed by atoms with Crippen molar-refractivity contribution in [1.82, 2.24) is 10.6 Å². The number of carbonyl (C=O) groups is 3. The Bertz CT molecular complexity index is 521. The van der Waals surface area contributed by atoms with E-state index in [1.807, 2.05) is 0 Å². The van der Waals surface area contributed by atoms with Crippen molar-refractivity contribution in [2.24, 2.45) is 0 Å². The molecule has 2 N–H and O–H groups in total. The van der Waals surface area contributed by atoms with Crippen LogP contribution in [0.1, 0.15) is 49.1 Å². The molecule has 1 aliphatic rings. The van der Waals surface area contributed by atoms with Gasteiger partial charge in [-0.15, -0.1) is 0 Å². The fourth-order valence-electron chi connectivity index (χ4n) is 2.51. The van der Waals surface area contributed by atoms with Gasteiger partial charge >= 0.3 is 5.97 Å². The fourth-order valence-corrected chi connectivity index (χ4v) is 2.51. The molecule has 0 bridgehead atoms. The Morgan fingerprint density at radius 3 is 2.70 bits per heavy atom. The highest BCUT2D eigenvalue weighted by atomic mass is 16.5. The first-order valence-corrected chi connectivity index (χ1v) is 7.92. The molecule has 7 heteroatoms. The second-order valence-corrected chi connectivity index (χ2v) is 5.55. The van der Waals surface area contributed by atoms with E-state index < -0.39 is 11.9 Å². The number of rotatable bonds is 7. The number of esters is 1. The minimum Gasteiger partial charge on any atom is -0.459 e. The van der Waals surface area contributed by atoms with E-state index in [-0.39, 0.29) is 37.3 Å². The average molecular weight is 322 g/mol. The van der Waals surface area contributed by atoms with Crippen molar-refractivity contribution in [3.05, 3.63) is 24.2 Å². The van der Waals surface area contributed by atoms with Crippen molar-refractivity contribution in [2.75, 3.05) is 13.2 Å². The van der Waals surface area contributed by atoms with E-state index in [9.17, 15) is 14.4 Å². The van der Waals surface area contributed by atoms with Crippen LogP contribution >= 0.6 is 0 Å². The molecule has 2 amide bonds. The van der Waals surface area contributed by atoms with Gasteiger partial charge < -0.3 is 19.8 Å². The Balaban J connectivity index is 1.55. The third-order valence-electron chi connectivity index (χ3n) is 3.69. The monoisotopic (exact) mass is 322 g/mol. The zero-order valence-corrected chi connectivity index (χ0v) is 13.0. The normalized spacial score (nSPS) is 15.0. The zero-order valence-electron chi connectivity index (χ0n) is 13.0. The molecule has 0 aliphatic heterocycles. The predicted octanol–water partition coefficient (Wildman–Crippen LogP) is 1.39. The van der Waals surface area contributed by atoms with E-state index in [0.29, 0.717) is 0 Å². The maximum atomic E-state index is 11.7. The van der Waals surface area contributed by atoms with Crippen LogP contribution < -0.4 is 10.6 Å². The number of ether oxygens (including phenoxy) is 1. The van der Waals surface area contributed by atoms with Crippen LogP contribution in [0.5, 0.6) is 0 Å². The third-order valence-corrected chi connectivity index (χ3v) is 3.69. The van der Waals surface area contributed by atoms with Crippen LogP contribution in [0, 0.1) is 0 Å². The van der Waals surface area contributed by atoms with Gasteiger partial charge in [0.25, 0.3) is 11.8 Å². The van der Waals surface area contributed by atoms with E-state index in [2.05, 4.69) is 10.6 Å². The first kappa shape index (κ1) is 17.1. The molecule has 0 radical (unpaired) electrons. The summed E-state index contributed by atoms with van der Waals surface area (Å²) in [5, 5.41) is 5.40. The SMILES string of the molecule is O=C(COC(=O)CCNC(=O)c1ccco1)NC1CCCCC1. The summed E-state index contributed by atoms with van der Waals surface area (Å²) >= 11 is 0. The Hall–Kier alpha value is -2.31. The number of furan rings is 1. The Morgan fingerprint density at radius 1 is 1.22 bits per heavy atom. The topological polar surface area (TPSA) is 97.6 Å². The van der Waals surface area contributed by atoms with Gasteiger partial charge in [0.05, 0.1) is 12.7 Å². The molecule has 1 aromatic heterocycles. The van der Waals surface area contributed by atoms with Gasteiger partial charge in [-0.05, 0) is 25.0 Å². The molecule has 0 saturated heterocycles. The summed E-state index contributed by atoms with van der Waals surface area (Å²) in [6, 6.07) is 3.33. The molecule has 1 aromatic rings. The highest BCUT2D eigenvalue weighted by Crippen LogP contribution is 2.17. The number of hydrogen-bond donors (Lipinski definition) is 2. The molecule has 23 heavy (non-hydrogen) atoms. The van der Waals surface area contributed by atoms with Crippen LogP contribution in [0.2, 0.25) is 0 Å². The standard InChI is InChI=1S/C16H22N2O5/c19-14(18-12-5-2-1-3-6-12)11-23-15(20)8-9-17-16(21)13-7-4-10-22-13/h4,7,10,12H,1-3,5-6,8-9,11H2,(H,17,21)(H,18,19). The molecule has 1 fully saturated rings. The average Bonchev–Trinajstić information content (AvgIpc) is 3.08. The van der Waals surface area contributed by atoms with Gasteiger partial charge in [-0.3, -0.25) is 14.4 Å². The van der Waals surface area contributed by atoms with Gasteiger partial charge in [0.2, 0.25) is 0 Å². The summed E-state index contributed by atoms with van der Waals surface area (Å²) in [6.45, 7) is -0.149. The van der Waals surface area contributed by atoms with Crippen molar-refractivity contribution < 1.29 is 23.5 Å². The van der Waals surface area contributed by atoms with E-state index >= 15 is 0 Å². The molecule has 0 atom stereocenters. The van der Waals surface area contributed by atoms with Crippen molar-refractivity contribution in [1.29, 1.82) is 0 Å². The lowest BCUT2D eigenvalue weighted by atomic mass is 9.95. The summed E-state index contributed by atoms with van der Waals surface area (Å²) in [5.41, 5.74) is 0.